The molecule has 3 heterocycles. The van der Waals surface area contributed by atoms with Crippen molar-refractivity contribution in [2.75, 3.05) is 62.5 Å². The van der Waals surface area contributed by atoms with Crippen LogP contribution < -0.4 is 14.5 Å². The van der Waals surface area contributed by atoms with Gasteiger partial charge in [-0.3, -0.25) is 14.6 Å². The highest BCUT2D eigenvalue weighted by atomic mass is 32.1. The second kappa shape index (κ2) is 20.8. The lowest BCUT2D eigenvalue weighted by molar-refractivity contribution is -0.121. The number of hydrogen-bond donors (Lipinski definition) is 0. The van der Waals surface area contributed by atoms with Crippen LogP contribution in [0, 0.1) is 0 Å². The number of carbonyl (C=O) groups excluding carboxylic acids is 2. The second-order valence-corrected chi connectivity index (χ2v) is 16.3. The van der Waals surface area contributed by atoms with Gasteiger partial charge in [0.25, 0.3) is 0 Å². The number of anilines is 2. The molecule has 1 amide bonds. The molecule has 1 saturated heterocycles. The van der Waals surface area contributed by atoms with Crippen molar-refractivity contribution in [2.24, 2.45) is 0 Å². The number of piperazine rings is 1. The van der Waals surface area contributed by atoms with Gasteiger partial charge in [0.2, 0.25) is 5.91 Å². The summed E-state index contributed by atoms with van der Waals surface area (Å²) in [7, 11) is 0. The third kappa shape index (κ3) is 11.9. The molecule has 0 saturated carbocycles. The predicted octanol–water partition coefficient (Wildman–Crippen LogP) is 10.7. The summed E-state index contributed by atoms with van der Waals surface area (Å²) in [6, 6.07) is 14.8. The first-order chi connectivity index (χ1) is 25.4. The van der Waals surface area contributed by atoms with E-state index >= 15 is 0 Å². The lowest BCUT2D eigenvalue weighted by atomic mass is 9.77. The summed E-state index contributed by atoms with van der Waals surface area (Å²) in [6.45, 7) is 12.5. The minimum absolute atomic E-state index is 0.0736. The number of hydrogen-bond acceptors (Lipinski definition) is 8. The summed E-state index contributed by atoms with van der Waals surface area (Å²) < 4.78 is 18.3. The summed E-state index contributed by atoms with van der Waals surface area (Å²) in [5.41, 5.74) is 2.82. The van der Waals surface area contributed by atoms with Gasteiger partial charge in [0.1, 0.15) is 5.75 Å². The Kier molecular flexibility index (Phi) is 16.0. The standard InChI is InChI=1S/C43H63N3O5S/c1-4-5-6-7-8-9-10-11-12-13-14-16-30-50-42(48)51-34-46-39-32-35(21-22-37(39)43(2,3)33-41(46)47)49-29-17-15-24-44-25-27-45(28-26-44)38-19-18-20-40-36(38)23-31-52-40/h18-23,31-32H,4-17,24-30,33-34H2,1-3H3. The zero-order chi connectivity index (χ0) is 36.6. The molecule has 52 heavy (non-hydrogen) atoms. The molecule has 1 fully saturated rings. The third-order valence-corrected chi connectivity index (χ3v) is 11.6. The predicted molar refractivity (Wildman–Crippen MR) is 215 cm³/mol. The van der Waals surface area contributed by atoms with Crippen LogP contribution in [-0.4, -0.2) is 69.6 Å². The van der Waals surface area contributed by atoms with E-state index < -0.39 is 6.16 Å². The largest absolute Gasteiger partial charge is 0.510 e. The van der Waals surface area contributed by atoms with E-state index in [9.17, 15) is 9.59 Å². The van der Waals surface area contributed by atoms with Crippen molar-refractivity contribution in [1.29, 1.82) is 0 Å². The molecule has 0 radical (unpaired) electrons. The van der Waals surface area contributed by atoms with Gasteiger partial charge >= 0.3 is 6.16 Å². The Morgan fingerprint density at radius 1 is 0.769 bits per heavy atom. The zero-order valence-corrected chi connectivity index (χ0v) is 33.0. The van der Waals surface area contributed by atoms with E-state index in [-0.39, 0.29) is 18.1 Å². The van der Waals surface area contributed by atoms with E-state index in [1.54, 1.807) is 4.90 Å². The molecule has 0 atom stereocenters. The molecule has 9 heteroatoms. The molecule has 0 unspecified atom stereocenters. The molecule has 0 N–H and O–H groups in total. The van der Waals surface area contributed by atoms with E-state index in [0.29, 0.717) is 19.6 Å². The Hall–Kier alpha value is -3.30. The number of thiophene rings is 1. The van der Waals surface area contributed by atoms with Gasteiger partial charge in [-0.25, -0.2) is 4.79 Å². The van der Waals surface area contributed by atoms with Gasteiger partial charge in [0.05, 0.1) is 18.9 Å². The maximum Gasteiger partial charge on any atom is 0.510 e. The number of amides is 1. The van der Waals surface area contributed by atoms with Gasteiger partial charge in [0, 0.05) is 59.9 Å². The summed E-state index contributed by atoms with van der Waals surface area (Å²) >= 11 is 1.81. The van der Waals surface area contributed by atoms with E-state index in [4.69, 9.17) is 14.2 Å². The van der Waals surface area contributed by atoms with Crippen LogP contribution in [0.25, 0.3) is 10.1 Å². The first-order valence-corrected chi connectivity index (χ1v) is 21.0. The Labute approximate surface area is 316 Å². The van der Waals surface area contributed by atoms with Crippen molar-refractivity contribution in [2.45, 2.75) is 122 Å². The molecule has 8 nitrogen and oxygen atoms in total. The van der Waals surface area contributed by atoms with Crippen LogP contribution in [-0.2, 0) is 19.7 Å². The molecule has 2 aromatic carbocycles. The topological polar surface area (TPSA) is 71.5 Å². The second-order valence-electron chi connectivity index (χ2n) is 15.3. The summed E-state index contributed by atoms with van der Waals surface area (Å²) in [5.74, 6) is 0.649. The summed E-state index contributed by atoms with van der Waals surface area (Å²) in [5, 5.41) is 3.55. The van der Waals surface area contributed by atoms with Crippen molar-refractivity contribution >= 4 is 44.9 Å². The average Bonchev–Trinajstić information content (AvgIpc) is 3.63. The lowest BCUT2D eigenvalue weighted by Gasteiger charge is -2.38. The monoisotopic (exact) mass is 733 g/mol. The smallest absolute Gasteiger partial charge is 0.494 e. The van der Waals surface area contributed by atoms with Crippen LogP contribution in [0.5, 0.6) is 5.75 Å². The van der Waals surface area contributed by atoms with Crippen molar-refractivity contribution in [3.05, 3.63) is 53.4 Å². The fraction of sp³-hybridized carbons (Fsp3) is 0.628. The molecule has 2 aliphatic heterocycles. The number of carbonyl (C=O) groups is 2. The SMILES string of the molecule is CCCCCCCCCCCCCCOC(=O)OCN1C(=O)CC(C)(C)c2ccc(OCCCCN3CCN(c4cccc5sccc45)CC3)cc21. The number of ether oxygens (including phenoxy) is 3. The zero-order valence-electron chi connectivity index (χ0n) is 32.2. The first-order valence-electron chi connectivity index (χ1n) is 20.2. The van der Waals surface area contributed by atoms with Gasteiger partial charge in [0.15, 0.2) is 6.73 Å². The van der Waals surface area contributed by atoms with Gasteiger partial charge < -0.3 is 19.1 Å². The van der Waals surface area contributed by atoms with E-state index in [2.05, 4.69) is 60.2 Å². The maximum absolute atomic E-state index is 13.2. The lowest BCUT2D eigenvalue weighted by Crippen LogP contribution is -2.46. The minimum atomic E-state index is -0.726. The highest BCUT2D eigenvalue weighted by Gasteiger charge is 2.37. The van der Waals surface area contributed by atoms with E-state index in [0.717, 1.165) is 75.4 Å². The van der Waals surface area contributed by atoms with E-state index in [1.165, 1.54) is 80.0 Å². The summed E-state index contributed by atoms with van der Waals surface area (Å²) in [6.07, 6.45) is 16.7. The van der Waals surface area contributed by atoms with Crippen LogP contribution in [0.2, 0.25) is 0 Å². The molecule has 3 aromatic rings. The van der Waals surface area contributed by atoms with Crippen LogP contribution in [0.1, 0.15) is 123 Å². The first kappa shape index (κ1) is 39.9. The van der Waals surface area contributed by atoms with Crippen LogP contribution in [0.4, 0.5) is 16.2 Å². The van der Waals surface area contributed by atoms with Gasteiger partial charge in [-0.2, -0.15) is 0 Å². The molecule has 286 valence electrons. The quantitative estimate of drug-likeness (QED) is 0.0752. The number of fused-ring (bicyclic) bond motifs is 2. The molecule has 1 aromatic heterocycles. The van der Waals surface area contributed by atoms with Crippen molar-refractivity contribution < 1.29 is 23.8 Å². The van der Waals surface area contributed by atoms with Gasteiger partial charge in [-0.05, 0) is 61.0 Å². The number of benzene rings is 2. The Balaban J connectivity index is 0.972. The molecule has 5 rings (SSSR count). The molecule has 0 aliphatic carbocycles. The Bertz CT molecular complexity index is 1530. The normalized spacial score (nSPS) is 15.9. The maximum atomic E-state index is 13.2. The van der Waals surface area contributed by atoms with Crippen LogP contribution in [0.3, 0.4) is 0 Å². The Morgan fingerprint density at radius 2 is 1.46 bits per heavy atom. The number of nitrogens with zero attached hydrogens (tertiary/aromatic N) is 3. The molecular weight excluding hydrogens is 671 g/mol. The Morgan fingerprint density at radius 3 is 2.19 bits per heavy atom. The van der Waals surface area contributed by atoms with Crippen LogP contribution >= 0.6 is 11.3 Å². The number of unbranched alkanes of at least 4 members (excludes halogenated alkanes) is 12. The molecule has 2 aliphatic rings. The molecular formula is C43H63N3O5S. The number of rotatable bonds is 22. The minimum Gasteiger partial charge on any atom is -0.494 e. The fourth-order valence-electron chi connectivity index (χ4n) is 7.59. The van der Waals surface area contributed by atoms with Gasteiger partial charge in [-0.15, -0.1) is 11.3 Å². The third-order valence-electron chi connectivity index (χ3n) is 10.7. The van der Waals surface area contributed by atoms with Crippen molar-refractivity contribution in [3.63, 3.8) is 0 Å². The van der Waals surface area contributed by atoms with Crippen molar-refractivity contribution in [3.8, 4) is 5.75 Å². The van der Waals surface area contributed by atoms with Crippen LogP contribution in [0.15, 0.2) is 47.8 Å². The fourth-order valence-corrected chi connectivity index (χ4v) is 8.40. The highest BCUT2D eigenvalue weighted by Crippen LogP contribution is 2.42. The van der Waals surface area contributed by atoms with Crippen molar-refractivity contribution in [1.82, 2.24) is 4.90 Å². The van der Waals surface area contributed by atoms with Gasteiger partial charge in [-0.1, -0.05) is 104 Å². The van der Waals surface area contributed by atoms with E-state index in [1.807, 2.05) is 29.5 Å². The summed E-state index contributed by atoms with van der Waals surface area (Å²) in [4.78, 5) is 32.3. The molecule has 0 spiro atoms. The highest BCUT2D eigenvalue weighted by molar-refractivity contribution is 7.17. The molecule has 0 bridgehead atoms. The average molecular weight is 734 g/mol.